The van der Waals surface area contributed by atoms with E-state index in [-0.39, 0.29) is 17.9 Å². The summed E-state index contributed by atoms with van der Waals surface area (Å²) in [5, 5.41) is 7.22. The molecule has 0 aromatic carbocycles. The smallest absolute Gasteiger partial charge is 0.265 e. The predicted molar refractivity (Wildman–Crippen MR) is 62.6 cm³/mol. The highest BCUT2D eigenvalue weighted by atomic mass is 35.6. The van der Waals surface area contributed by atoms with Crippen molar-refractivity contribution >= 4 is 40.7 Å². The van der Waals surface area contributed by atoms with Crippen molar-refractivity contribution in [2.45, 2.75) is 24.6 Å². The zero-order valence-corrected chi connectivity index (χ0v) is 10.7. The number of rotatable bonds is 2. The molecule has 0 aliphatic rings. The van der Waals surface area contributed by atoms with Gasteiger partial charge in [-0.2, -0.15) is 0 Å². The minimum atomic E-state index is -1.77. The first kappa shape index (κ1) is 14.1. The van der Waals surface area contributed by atoms with Crippen LogP contribution in [-0.2, 0) is 4.74 Å². The summed E-state index contributed by atoms with van der Waals surface area (Å²) in [6, 6.07) is 0. The molecule has 0 heterocycles. The van der Waals surface area contributed by atoms with E-state index in [0.29, 0.717) is 0 Å². The summed E-state index contributed by atoms with van der Waals surface area (Å²) in [4.78, 5) is 0. The summed E-state index contributed by atoms with van der Waals surface area (Å²) >= 11 is 16.2. The maximum atomic E-state index is 7.22. The lowest BCUT2D eigenvalue weighted by molar-refractivity contribution is 0.338. The lowest BCUT2D eigenvalue weighted by atomic mass is 9.96. The lowest BCUT2D eigenvalue weighted by Crippen LogP contribution is -2.21. The van der Waals surface area contributed by atoms with Gasteiger partial charge in [0.15, 0.2) is 0 Å². The molecule has 0 aromatic rings. The first-order valence-electron chi connectivity index (χ1n) is 4.09. The molecular weight excluding hydrogens is 244 g/mol. The Hall–Kier alpha value is 0.0800. The molecule has 0 saturated carbocycles. The van der Waals surface area contributed by atoms with Crippen LogP contribution >= 0.6 is 34.8 Å². The van der Waals surface area contributed by atoms with Crippen LogP contribution < -0.4 is 0 Å². The van der Waals surface area contributed by atoms with Crippen molar-refractivity contribution in [3.05, 3.63) is 12.2 Å². The maximum Gasteiger partial charge on any atom is 0.265 e. The highest BCUT2D eigenvalue weighted by Gasteiger charge is 2.28. The van der Waals surface area contributed by atoms with Crippen molar-refractivity contribution in [2.24, 2.45) is 5.41 Å². The van der Waals surface area contributed by atoms with Crippen molar-refractivity contribution in [3.8, 4) is 0 Å². The molecule has 0 aliphatic heterocycles. The molecule has 0 fully saturated rings. The molecular formula is C9H14Cl3NO. The van der Waals surface area contributed by atoms with Gasteiger partial charge in [-0.05, 0) is 5.41 Å². The molecule has 82 valence electrons. The van der Waals surface area contributed by atoms with E-state index in [9.17, 15) is 0 Å². The van der Waals surface area contributed by atoms with E-state index < -0.39 is 3.79 Å². The lowest BCUT2D eigenvalue weighted by Gasteiger charge is -2.13. The van der Waals surface area contributed by atoms with Gasteiger partial charge in [-0.15, -0.1) is 0 Å². The molecule has 0 rings (SSSR count). The Kier molecular flexibility index (Phi) is 5.27. The average molecular weight is 259 g/mol. The van der Waals surface area contributed by atoms with Gasteiger partial charge in [-0.25, -0.2) is 0 Å². The first-order chi connectivity index (χ1) is 6.13. The minimum Gasteiger partial charge on any atom is -0.474 e. The second-order valence-electron chi connectivity index (χ2n) is 3.91. The number of halogens is 3. The Morgan fingerprint density at radius 2 is 1.79 bits per heavy atom. The SMILES string of the molecule is CC(C)(C)C=CCOC(=N)C(Cl)(Cl)Cl. The minimum absolute atomic E-state index is 0.0888. The second-order valence-corrected chi connectivity index (χ2v) is 6.19. The Labute approximate surface area is 99.7 Å². The van der Waals surface area contributed by atoms with Crippen molar-refractivity contribution in [1.82, 2.24) is 0 Å². The van der Waals surface area contributed by atoms with Crippen LogP contribution in [0.25, 0.3) is 0 Å². The molecule has 0 aliphatic carbocycles. The largest absolute Gasteiger partial charge is 0.474 e. The number of hydrogen-bond acceptors (Lipinski definition) is 2. The van der Waals surface area contributed by atoms with Gasteiger partial charge in [0.2, 0.25) is 5.90 Å². The van der Waals surface area contributed by atoms with E-state index >= 15 is 0 Å². The van der Waals surface area contributed by atoms with Crippen LogP contribution in [0.3, 0.4) is 0 Å². The molecule has 0 unspecified atom stereocenters. The molecule has 14 heavy (non-hydrogen) atoms. The summed E-state index contributed by atoms with van der Waals surface area (Å²) in [6.07, 6.45) is 3.77. The fourth-order valence-corrected chi connectivity index (χ4v) is 0.779. The topological polar surface area (TPSA) is 33.1 Å². The van der Waals surface area contributed by atoms with Crippen LogP contribution in [0.4, 0.5) is 0 Å². The van der Waals surface area contributed by atoms with E-state index in [0.717, 1.165) is 0 Å². The second kappa shape index (κ2) is 5.24. The third kappa shape index (κ3) is 7.48. The molecule has 0 aromatic heterocycles. The molecule has 0 saturated heterocycles. The maximum absolute atomic E-state index is 7.22. The van der Waals surface area contributed by atoms with E-state index in [1.54, 1.807) is 6.08 Å². The van der Waals surface area contributed by atoms with Crippen LogP contribution in [0.15, 0.2) is 12.2 Å². The van der Waals surface area contributed by atoms with Crippen molar-refractivity contribution in [2.75, 3.05) is 6.61 Å². The van der Waals surface area contributed by atoms with E-state index in [1.807, 2.05) is 6.08 Å². The standard InChI is InChI=1S/C9H14Cl3NO/c1-8(2,3)5-4-6-14-7(13)9(10,11)12/h4-5,13H,6H2,1-3H3. The number of ether oxygens (including phenoxy) is 1. The fourth-order valence-electron chi connectivity index (χ4n) is 0.615. The molecule has 0 radical (unpaired) electrons. The summed E-state index contributed by atoms with van der Waals surface area (Å²) in [5.41, 5.74) is 0.0888. The third-order valence-electron chi connectivity index (χ3n) is 1.20. The van der Waals surface area contributed by atoms with Crippen LogP contribution in [-0.4, -0.2) is 16.3 Å². The van der Waals surface area contributed by atoms with Crippen LogP contribution in [0.1, 0.15) is 20.8 Å². The Balaban J connectivity index is 3.88. The van der Waals surface area contributed by atoms with Gasteiger partial charge in [-0.3, -0.25) is 5.41 Å². The van der Waals surface area contributed by atoms with Gasteiger partial charge >= 0.3 is 0 Å². The quantitative estimate of drug-likeness (QED) is 0.346. The van der Waals surface area contributed by atoms with E-state index in [1.165, 1.54) is 0 Å². The normalized spacial score (nSPS) is 13.3. The third-order valence-corrected chi connectivity index (χ3v) is 1.71. The fraction of sp³-hybridized carbons (Fsp3) is 0.667. The molecule has 0 atom stereocenters. The highest BCUT2D eigenvalue weighted by molar-refractivity contribution is 6.76. The zero-order valence-electron chi connectivity index (χ0n) is 8.40. The Morgan fingerprint density at radius 1 is 1.29 bits per heavy atom. The molecule has 0 amide bonds. The van der Waals surface area contributed by atoms with Crippen molar-refractivity contribution < 1.29 is 4.74 Å². The number of nitrogens with one attached hydrogen (secondary N) is 1. The van der Waals surface area contributed by atoms with Gasteiger partial charge in [-0.1, -0.05) is 67.7 Å². The van der Waals surface area contributed by atoms with Crippen LogP contribution in [0.2, 0.25) is 0 Å². The van der Waals surface area contributed by atoms with Gasteiger partial charge < -0.3 is 4.74 Å². The monoisotopic (exact) mass is 257 g/mol. The number of alkyl halides is 3. The van der Waals surface area contributed by atoms with Crippen LogP contribution in [0.5, 0.6) is 0 Å². The van der Waals surface area contributed by atoms with Gasteiger partial charge in [0.05, 0.1) is 0 Å². The molecule has 5 heteroatoms. The molecule has 2 nitrogen and oxygen atoms in total. The summed E-state index contributed by atoms with van der Waals surface area (Å²) in [5.74, 6) is -0.360. The summed E-state index contributed by atoms with van der Waals surface area (Å²) in [6.45, 7) is 6.42. The van der Waals surface area contributed by atoms with E-state index in [4.69, 9.17) is 44.9 Å². The summed E-state index contributed by atoms with van der Waals surface area (Å²) < 4.78 is 3.13. The summed E-state index contributed by atoms with van der Waals surface area (Å²) in [7, 11) is 0. The first-order valence-corrected chi connectivity index (χ1v) is 5.22. The van der Waals surface area contributed by atoms with Gasteiger partial charge in [0.1, 0.15) is 6.61 Å². The van der Waals surface area contributed by atoms with Crippen molar-refractivity contribution in [3.63, 3.8) is 0 Å². The number of hydrogen-bond donors (Lipinski definition) is 1. The predicted octanol–water partition coefficient (Wildman–Crippen LogP) is 3.95. The molecule has 1 N–H and O–H groups in total. The highest BCUT2D eigenvalue weighted by Crippen LogP contribution is 2.27. The zero-order chi connectivity index (χ0) is 11.4. The van der Waals surface area contributed by atoms with Crippen molar-refractivity contribution in [1.29, 1.82) is 5.41 Å². The van der Waals surface area contributed by atoms with Gasteiger partial charge in [0, 0.05) is 0 Å². The van der Waals surface area contributed by atoms with Crippen LogP contribution in [0, 0.1) is 10.8 Å². The Bertz CT molecular complexity index is 225. The number of allylic oxidation sites excluding steroid dienone is 1. The molecule has 0 bridgehead atoms. The molecule has 0 spiro atoms. The van der Waals surface area contributed by atoms with E-state index in [2.05, 4.69) is 20.8 Å². The van der Waals surface area contributed by atoms with Gasteiger partial charge in [0.25, 0.3) is 3.79 Å². The Morgan fingerprint density at radius 3 is 2.14 bits per heavy atom. The average Bonchev–Trinajstić information content (AvgIpc) is 1.93.